The van der Waals surface area contributed by atoms with Crippen LogP contribution < -0.4 is 10.9 Å². The van der Waals surface area contributed by atoms with Crippen LogP contribution in [0, 0.1) is 0 Å². The van der Waals surface area contributed by atoms with Crippen LogP contribution in [-0.4, -0.2) is 52.8 Å². The van der Waals surface area contributed by atoms with Gasteiger partial charge in [-0.2, -0.15) is 0 Å². The predicted octanol–water partition coefficient (Wildman–Crippen LogP) is 2.82. The Bertz CT molecular complexity index is 1090. The van der Waals surface area contributed by atoms with Gasteiger partial charge in [-0.05, 0) is 43.3 Å². The van der Waals surface area contributed by atoms with E-state index in [2.05, 4.69) is 21.8 Å². The third kappa shape index (κ3) is 5.18. The van der Waals surface area contributed by atoms with Gasteiger partial charge in [0.1, 0.15) is 0 Å². The van der Waals surface area contributed by atoms with Crippen LogP contribution in [0.25, 0.3) is 10.9 Å². The van der Waals surface area contributed by atoms with Crippen LogP contribution in [0.15, 0.2) is 70.7 Å². The van der Waals surface area contributed by atoms with Gasteiger partial charge >= 0.3 is 11.8 Å². The number of carbonyl (C=O) groups excluding carboxylic acids is 2. The van der Waals surface area contributed by atoms with Crippen molar-refractivity contribution in [3.8, 4) is 0 Å². The van der Waals surface area contributed by atoms with Crippen molar-refractivity contribution in [2.75, 3.05) is 31.5 Å². The van der Waals surface area contributed by atoms with Gasteiger partial charge < -0.3 is 20.1 Å². The number of nitrogens with zero attached hydrogens (tertiary/aromatic N) is 2. The standard InChI is InChI=1S/C22H23ClN4O3/c1-3-18(7-4-15(2)23)26-10-12-27(13-11-26)22(30)21(29)24-17-6-8-19-16(14-17)5-9-20(28)25-19/h3-9,14H,2,10-13H2,1H3,(H,24,29)(H,25,28)/b7-4-,18-3+. The van der Waals surface area contributed by atoms with Gasteiger partial charge in [0.2, 0.25) is 5.56 Å². The zero-order valence-corrected chi connectivity index (χ0v) is 17.4. The lowest BCUT2D eigenvalue weighted by atomic mass is 10.2. The highest BCUT2D eigenvalue weighted by Crippen LogP contribution is 2.17. The topological polar surface area (TPSA) is 85.5 Å². The fourth-order valence-electron chi connectivity index (χ4n) is 3.29. The molecule has 8 heteroatoms. The minimum atomic E-state index is -0.684. The molecule has 2 aromatic rings. The molecule has 1 aliphatic heterocycles. The highest BCUT2D eigenvalue weighted by molar-refractivity contribution is 6.39. The number of halogens is 1. The van der Waals surface area contributed by atoms with E-state index in [1.165, 1.54) is 6.07 Å². The third-order valence-electron chi connectivity index (χ3n) is 4.84. The van der Waals surface area contributed by atoms with E-state index in [-0.39, 0.29) is 5.56 Å². The Morgan fingerprint density at radius 1 is 1.10 bits per heavy atom. The molecule has 0 spiro atoms. The minimum absolute atomic E-state index is 0.197. The van der Waals surface area contributed by atoms with Gasteiger partial charge in [-0.3, -0.25) is 14.4 Å². The zero-order valence-electron chi connectivity index (χ0n) is 16.7. The lowest BCUT2D eigenvalue weighted by Gasteiger charge is -2.36. The van der Waals surface area contributed by atoms with Gasteiger partial charge in [0.25, 0.3) is 0 Å². The number of rotatable bonds is 4. The maximum Gasteiger partial charge on any atom is 0.313 e. The number of hydrogen-bond acceptors (Lipinski definition) is 4. The number of nitrogens with one attached hydrogen (secondary N) is 2. The van der Waals surface area contributed by atoms with Crippen LogP contribution in [0.3, 0.4) is 0 Å². The van der Waals surface area contributed by atoms with Crippen LogP contribution in [-0.2, 0) is 9.59 Å². The molecule has 2 amide bonds. The number of hydrogen-bond donors (Lipinski definition) is 2. The van der Waals surface area contributed by atoms with E-state index >= 15 is 0 Å². The van der Waals surface area contributed by atoms with Crippen LogP contribution >= 0.6 is 11.6 Å². The van der Waals surface area contributed by atoms with Crippen molar-refractivity contribution >= 4 is 40.0 Å². The van der Waals surface area contributed by atoms with Crippen molar-refractivity contribution in [2.24, 2.45) is 0 Å². The summed E-state index contributed by atoms with van der Waals surface area (Å²) in [5.74, 6) is -1.25. The molecule has 0 radical (unpaired) electrons. The summed E-state index contributed by atoms with van der Waals surface area (Å²) in [6, 6.07) is 8.13. The van der Waals surface area contributed by atoms with Gasteiger partial charge in [-0.15, -0.1) is 0 Å². The molecular weight excluding hydrogens is 404 g/mol. The fourth-order valence-corrected chi connectivity index (χ4v) is 3.35. The summed E-state index contributed by atoms with van der Waals surface area (Å²) in [5.41, 5.74) is 1.95. The molecule has 0 unspecified atom stereocenters. The van der Waals surface area contributed by atoms with E-state index in [1.807, 2.05) is 19.1 Å². The number of carbonyl (C=O) groups is 2. The lowest BCUT2D eigenvalue weighted by molar-refractivity contribution is -0.144. The Labute approximate surface area is 179 Å². The van der Waals surface area contributed by atoms with Crippen molar-refractivity contribution in [2.45, 2.75) is 6.92 Å². The van der Waals surface area contributed by atoms with Gasteiger partial charge in [0, 0.05) is 59.6 Å². The SMILES string of the molecule is C=C(Cl)/C=C\C(=C/C)N1CCN(C(=O)C(=O)Nc2ccc3[nH]c(=O)ccc3c2)CC1. The third-order valence-corrected chi connectivity index (χ3v) is 4.96. The molecule has 0 aliphatic carbocycles. The molecule has 3 rings (SSSR count). The summed E-state index contributed by atoms with van der Waals surface area (Å²) in [7, 11) is 0. The number of aromatic amines is 1. The van der Waals surface area contributed by atoms with Crippen LogP contribution in [0.1, 0.15) is 6.92 Å². The van der Waals surface area contributed by atoms with E-state index < -0.39 is 11.8 Å². The molecular formula is C22H23ClN4O3. The fraction of sp³-hybridized carbons (Fsp3) is 0.227. The van der Waals surface area contributed by atoms with Gasteiger partial charge in [0.05, 0.1) is 0 Å². The number of fused-ring (bicyclic) bond motifs is 1. The summed E-state index contributed by atoms with van der Waals surface area (Å²) in [6.45, 7) is 7.68. The summed E-state index contributed by atoms with van der Waals surface area (Å²) in [6.07, 6.45) is 5.57. The average Bonchev–Trinajstić information content (AvgIpc) is 2.74. The first kappa shape index (κ1) is 21.4. The van der Waals surface area contributed by atoms with E-state index in [0.717, 1.165) is 11.1 Å². The Hall–Kier alpha value is -3.32. The Morgan fingerprint density at radius 3 is 2.47 bits per heavy atom. The highest BCUT2D eigenvalue weighted by Gasteiger charge is 2.26. The van der Waals surface area contributed by atoms with Gasteiger partial charge in [-0.25, -0.2) is 0 Å². The van der Waals surface area contributed by atoms with Crippen molar-refractivity contribution in [1.82, 2.24) is 14.8 Å². The maximum absolute atomic E-state index is 12.6. The van der Waals surface area contributed by atoms with Crippen molar-refractivity contribution in [3.05, 3.63) is 76.2 Å². The number of amides is 2. The minimum Gasteiger partial charge on any atom is -0.368 e. The molecule has 1 aromatic heterocycles. The van der Waals surface area contributed by atoms with E-state index in [0.29, 0.717) is 42.4 Å². The first-order chi connectivity index (χ1) is 14.4. The highest BCUT2D eigenvalue weighted by atomic mass is 35.5. The smallest absolute Gasteiger partial charge is 0.313 e. The van der Waals surface area contributed by atoms with Crippen LogP contribution in [0.2, 0.25) is 0 Å². The predicted molar refractivity (Wildman–Crippen MR) is 119 cm³/mol. The number of piperazine rings is 1. The number of H-pyrrole nitrogens is 1. The molecule has 156 valence electrons. The average molecular weight is 427 g/mol. The Balaban J connectivity index is 1.59. The Morgan fingerprint density at radius 2 is 1.80 bits per heavy atom. The second-order valence-corrected chi connectivity index (χ2v) is 7.34. The second kappa shape index (κ2) is 9.45. The number of aromatic nitrogens is 1. The van der Waals surface area contributed by atoms with E-state index in [9.17, 15) is 14.4 Å². The maximum atomic E-state index is 12.6. The molecule has 0 saturated carbocycles. The van der Waals surface area contributed by atoms with E-state index in [4.69, 9.17) is 11.6 Å². The number of anilines is 1. The first-order valence-corrected chi connectivity index (χ1v) is 9.92. The van der Waals surface area contributed by atoms with Crippen molar-refractivity contribution < 1.29 is 9.59 Å². The molecule has 1 aliphatic rings. The molecule has 30 heavy (non-hydrogen) atoms. The quantitative estimate of drug-likeness (QED) is 0.581. The first-order valence-electron chi connectivity index (χ1n) is 9.54. The van der Waals surface area contributed by atoms with Crippen molar-refractivity contribution in [1.29, 1.82) is 0 Å². The molecule has 0 atom stereocenters. The monoisotopic (exact) mass is 426 g/mol. The lowest BCUT2D eigenvalue weighted by Crippen LogP contribution is -2.51. The van der Waals surface area contributed by atoms with Crippen LogP contribution in [0.5, 0.6) is 0 Å². The normalized spacial score (nSPS) is 14.9. The number of pyridine rings is 1. The summed E-state index contributed by atoms with van der Waals surface area (Å²) in [5, 5.41) is 3.85. The zero-order chi connectivity index (χ0) is 21.7. The van der Waals surface area contributed by atoms with Crippen molar-refractivity contribution in [3.63, 3.8) is 0 Å². The number of benzene rings is 1. The van der Waals surface area contributed by atoms with Crippen LogP contribution in [0.4, 0.5) is 5.69 Å². The summed E-state index contributed by atoms with van der Waals surface area (Å²) < 4.78 is 0. The largest absolute Gasteiger partial charge is 0.368 e. The molecule has 0 bridgehead atoms. The molecule has 2 N–H and O–H groups in total. The Kier molecular flexibility index (Phi) is 6.74. The van der Waals surface area contributed by atoms with Gasteiger partial charge in [0.15, 0.2) is 0 Å². The summed E-state index contributed by atoms with van der Waals surface area (Å²) >= 11 is 5.78. The van der Waals surface area contributed by atoms with E-state index in [1.54, 1.807) is 35.2 Å². The number of allylic oxidation sites excluding steroid dienone is 4. The molecule has 2 heterocycles. The molecule has 1 saturated heterocycles. The van der Waals surface area contributed by atoms with Gasteiger partial charge in [-0.1, -0.05) is 24.3 Å². The molecule has 1 fully saturated rings. The molecule has 7 nitrogen and oxygen atoms in total. The summed E-state index contributed by atoms with van der Waals surface area (Å²) in [4.78, 5) is 42.7. The second-order valence-electron chi connectivity index (χ2n) is 6.85. The molecule has 1 aromatic carbocycles.